The van der Waals surface area contributed by atoms with Crippen LogP contribution in [0, 0.1) is 5.82 Å². The number of carbonyl (C=O) groups is 1. The van der Waals surface area contributed by atoms with Crippen LogP contribution < -0.4 is 10.1 Å². The molecule has 0 bridgehead atoms. The van der Waals surface area contributed by atoms with E-state index < -0.39 is 5.82 Å². The van der Waals surface area contributed by atoms with Crippen molar-refractivity contribution in [3.05, 3.63) is 53.6 Å². The Morgan fingerprint density at radius 2 is 2.27 bits per heavy atom. The molecule has 0 saturated heterocycles. The molecular weight excluding hydrogens is 285 g/mol. The van der Waals surface area contributed by atoms with Crippen molar-refractivity contribution in [1.29, 1.82) is 0 Å². The van der Waals surface area contributed by atoms with Crippen LogP contribution in [0.3, 0.4) is 0 Å². The van der Waals surface area contributed by atoms with E-state index in [0.29, 0.717) is 5.56 Å². The lowest BCUT2D eigenvalue weighted by Gasteiger charge is -2.14. The van der Waals surface area contributed by atoms with E-state index in [4.69, 9.17) is 4.74 Å². The second kappa shape index (κ2) is 6.89. The van der Waals surface area contributed by atoms with Crippen LogP contribution in [0.4, 0.5) is 4.39 Å². The summed E-state index contributed by atoms with van der Waals surface area (Å²) in [5.41, 5.74) is 1.50. The van der Waals surface area contributed by atoms with Crippen molar-refractivity contribution in [3.8, 4) is 5.75 Å². The lowest BCUT2D eigenvalue weighted by molar-refractivity contribution is -0.117. The number of halogens is 1. The minimum Gasteiger partial charge on any atom is -0.494 e. The number of hydrogen-bond donors (Lipinski definition) is 1. The standard InChI is InChI=1S/C16H18FN3O2/c1-11(13-5-6-15(22-3)14(17)8-13)19-16(21)7-4-12-9-18-20(2)10-12/h4-11H,1-3H3,(H,19,21)/b7-4+. The third-order valence-corrected chi connectivity index (χ3v) is 3.19. The van der Waals surface area contributed by atoms with Crippen LogP contribution in [0.2, 0.25) is 0 Å². The van der Waals surface area contributed by atoms with Gasteiger partial charge in [-0.2, -0.15) is 5.10 Å². The van der Waals surface area contributed by atoms with Gasteiger partial charge in [0.1, 0.15) is 0 Å². The first-order valence-corrected chi connectivity index (χ1v) is 6.80. The first kappa shape index (κ1) is 15.8. The molecule has 2 rings (SSSR count). The fourth-order valence-electron chi connectivity index (χ4n) is 1.99. The summed E-state index contributed by atoms with van der Waals surface area (Å²) in [5.74, 6) is -0.529. The average Bonchev–Trinajstić information content (AvgIpc) is 2.90. The summed E-state index contributed by atoms with van der Waals surface area (Å²) in [6.45, 7) is 1.79. The van der Waals surface area contributed by atoms with Gasteiger partial charge in [0, 0.05) is 24.9 Å². The molecule has 1 aromatic carbocycles. The fraction of sp³-hybridized carbons (Fsp3) is 0.250. The van der Waals surface area contributed by atoms with Crippen LogP contribution in [-0.2, 0) is 11.8 Å². The number of benzene rings is 1. The van der Waals surface area contributed by atoms with Crippen molar-refractivity contribution < 1.29 is 13.9 Å². The number of aromatic nitrogens is 2. The van der Waals surface area contributed by atoms with Gasteiger partial charge in [0.15, 0.2) is 11.6 Å². The van der Waals surface area contributed by atoms with Crippen LogP contribution in [0.5, 0.6) is 5.75 Å². The van der Waals surface area contributed by atoms with E-state index in [2.05, 4.69) is 10.4 Å². The smallest absolute Gasteiger partial charge is 0.244 e. The molecule has 0 aliphatic carbocycles. The summed E-state index contributed by atoms with van der Waals surface area (Å²) in [7, 11) is 3.21. The number of nitrogens with one attached hydrogen (secondary N) is 1. The zero-order chi connectivity index (χ0) is 16.1. The van der Waals surface area contributed by atoms with Crippen molar-refractivity contribution in [3.63, 3.8) is 0 Å². The van der Waals surface area contributed by atoms with Crippen molar-refractivity contribution in [1.82, 2.24) is 15.1 Å². The van der Waals surface area contributed by atoms with Gasteiger partial charge in [0.2, 0.25) is 5.91 Å². The number of nitrogens with zero attached hydrogens (tertiary/aromatic N) is 2. The Morgan fingerprint density at radius 1 is 1.50 bits per heavy atom. The molecule has 1 heterocycles. The van der Waals surface area contributed by atoms with Crippen molar-refractivity contribution in [2.45, 2.75) is 13.0 Å². The zero-order valence-corrected chi connectivity index (χ0v) is 12.7. The maximum absolute atomic E-state index is 13.7. The molecule has 1 amide bonds. The summed E-state index contributed by atoms with van der Waals surface area (Å²) in [6, 6.07) is 4.30. The van der Waals surface area contributed by atoms with Crippen LogP contribution in [-0.4, -0.2) is 22.8 Å². The Morgan fingerprint density at radius 3 is 2.86 bits per heavy atom. The number of methoxy groups -OCH3 is 1. The quantitative estimate of drug-likeness (QED) is 0.863. The number of ether oxygens (including phenoxy) is 1. The molecule has 0 saturated carbocycles. The Bertz CT molecular complexity index is 694. The number of amides is 1. The Kier molecular flexibility index (Phi) is 4.93. The Labute approximate surface area is 128 Å². The minimum atomic E-state index is -0.452. The summed E-state index contributed by atoms with van der Waals surface area (Å²) in [5, 5.41) is 6.79. The highest BCUT2D eigenvalue weighted by Gasteiger charge is 2.11. The molecule has 0 radical (unpaired) electrons. The summed E-state index contributed by atoms with van der Waals surface area (Å²) < 4.78 is 20.2. The van der Waals surface area contributed by atoms with Gasteiger partial charge in [0.25, 0.3) is 0 Å². The molecule has 2 aromatic rings. The second-order valence-corrected chi connectivity index (χ2v) is 4.90. The summed E-state index contributed by atoms with van der Waals surface area (Å²) >= 11 is 0. The third kappa shape index (κ3) is 3.94. The van der Waals surface area contributed by atoms with Gasteiger partial charge < -0.3 is 10.1 Å². The molecule has 1 atom stereocenters. The van der Waals surface area contributed by atoms with E-state index in [1.807, 2.05) is 0 Å². The number of rotatable bonds is 5. The van der Waals surface area contributed by atoms with E-state index in [-0.39, 0.29) is 17.7 Å². The minimum absolute atomic E-state index is 0.179. The number of hydrogen-bond acceptors (Lipinski definition) is 3. The molecule has 1 aromatic heterocycles. The highest BCUT2D eigenvalue weighted by Crippen LogP contribution is 2.21. The highest BCUT2D eigenvalue weighted by molar-refractivity contribution is 5.91. The maximum Gasteiger partial charge on any atom is 0.244 e. The molecule has 0 spiro atoms. The Hall–Kier alpha value is -2.63. The molecule has 0 fully saturated rings. The third-order valence-electron chi connectivity index (χ3n) is 3.19. The van der Waals surface area contributed by atoms with Crippen molar-refractivity contribution >= 4 is 12.0 Å². The lowest BCUT2D eigenvalue weighted by atomic mass is 10.1. The molecule has 116 valence electrons. The lowest BCUT2D eigenvalue weighted by Crippen LogP contribution is -2.24. The van der Waals surface area contributed by atoms with Gasteiger partial charge in [-0.1, -0.05) is 6.07 Å². The first-order chi connectivity index (χ1) is 10.5. The molecule has 6 heteroatoms. The van der Waals surface area contributed by atoms with Crippen molar-refractivity contribution in [2.24, 2.45) is 7.05 Å². The van der Waals surface area contributed by atoms with E-state index in [9.17, 15) is 9.18 Å². The predicted octanol–water partition coefficient (Wildman–Crippen LogP) is 2.46. The molecule has 0 aliphatic rings. The predicted molar refractivity (Wildman–Crippen MR) is 81.8 cm³/mol. The van der Waals surface area contributed by atoms with Gasteiger partial charge in [-0.15, -0.1) is 0 Å². The number of aryl methyl sites for hydroxylation is 1. The summed E-state index contributed by atoms with van der Waals surface area (Å²) in [4.78, 5) is 11.9. The highest BCUT2D eigenvalue weighted by atomic mass is 19.1. The summed E-state index contributed by atoms with van der Waals surface area (Å²) in [6.07, 6.45) is 6.55. The zero-order valence-electron chi connectivity index (χ0n) is 12.7. The molecular formula is C16H18FN3O2. The fourth-order valence-corrected chi connectivity index (χ4v) is 1.99. The Balaban J connectivity index is 1.99. The van der Waals surface area contributed by atoms with E-state index >= 15 is 0 Å². The molecule has 5 nitrogen and oxygen atoms in total. The topological polar surface area (TPSA) is 56.1 Å². The van der Waals surface area contributed by atoms with E-state index in [1.165, 1.54) is 19.3 Å². The van der Waals surface area contributed by atoms with E-state index in [1.54, 1.807) is 49.3 Å². The van der Waals surface area contributed by atoms with E-state index in [0.717, 1.165) is 5.56 Å². The SMILES string of the molecule is COc1ccc(C(C)NC(=O)/C=C/c2cnn(C)c2)cc1F. The van der Waals surface area contributed by atoms with Crippen LogP contribution >= 0.6 is 0 Å². The van der Waals surface area contributed by atoms with Gasteiger partial charge in [0.05, 0.1) is 19.3 Å². The van der Waals surface area contributed by atoms with Crippen LogP contribution in [0.25, 0.3) is 6.08 Å². The maximum atomic E-state index is 13.7. The van der Waals surface area contributed by atoms with Gasteiger partial charge >= 0.3 is 0 Å². The second-order valence-electron chi connectivity index (χ2n) is 4.90. The molecule has 1 unspecified atom stereocenters. The largest absolute Gasteiger partial charge is 0.494 e. The van der Waals surface area contributed by atoms with Crippen LogP contribution in [0.15, 0.2) is 36.7 Å². The average molecular weight is 303 g/mol. The molecule has 1 N–H and O–H groups in total. The molecule has 0 aliphatic heterocycles. The van der Waals surface area contributed by atoms with Crippen molar-refractivity contribution in [2.75, 3.05) is 7.11 Å². The molecule has 22 heavy (non-hydrogen) atoms. The van der Waals surface area contributed by atoms with Gasteiger partial charge in [-0.3, -0.25) is 9.48 Å². The number of carbonyl (C=O) groups excluding carboxylic acids is 1. The first-order valence-electron chi connectivity index (χ1n) is 6.80. The van der Waals surface area contributed by atoms with Gasteiger partial charge in [-0.25, -0.2) is 4.39 Å². The normalized spacial score (nSPS) is 12.4. The van der Waals surface area contributed by atoms with Gasteiger partial charge in [-0.05, 0) is 30.7 Å². The monoisotopic (exact) mass is 303 g/mol. The van der Waals surface area contributed by atoms with Crippen LogP contribution in [0.1, 0.15) is 24.1 Å².